The molecule has 10 heteroatoms. The Bertz CT molecular complexity index is 1170. The zero-order valence-corrected chi connectivity index (χ0v) is 18.1. The number of nitrogens with two attached hydrogens (primary N) is 1. The first-order valence-electron chi connectivity index (χ1n) is 10.1. The van der Waals surface area contributed by atoms with E-state index in [4.69, 9.17) is 5.73 Å². The average Bonchev–Trinajstić information content (AvgIpc) is 3.15. The fourth-order valence-electron chi connectivity index (χ4n) is 3.85. The maximum absolute atomic E-state index is 13.5. The lowest BCUT2D eigenvalue weighted by Crippen LogP contribution is -2.46. The van der Waals surface area contributed by atoms with Crippen LogP contribution in [0.5, 0.6) is 0 Å². The van der Waals surface area contributed by atoms with E-state index in [1.165, 1.54) is 29.5 Å². The number of anilines is 2. The molecule has 2 aromatic carbocycles. The first-order valence-corrected chi connectivity index (χ1v) is 11.0. The van der Waals surface area contributed by atoms with Crippen LogP contribution in [0.15, 0.2) is 47.8 Å². The predicted molar refractivity (Wildman–Crippen MR) is 117 cm³/mol. The third-order valence-electron chi connectivity index (χ3n) is 5.61. The molecule has 0 saturated carbocycles. The van der Waals surface area contributed by atoms with Crippen LogP contribution >= 0.6 is 11.3 Å². The van der Waals surface area contributed by atoms with Gasteiger partial charge in [-0.25, -0.2) is 8.78 Å². The summed E-state index contributed by atoms with van der Waals surface area (Å²) in [4.78, 5) is 17.1. The molecule has 0 spiro atoms. The molecule has 1 fully saturated rings. The number of rotatable bonds is 5. The van der Waals surface area contributed by atoms with Crippen molar-refractivity contribution in [2.75, 3.05) is 36.8 Å². The van der Waals surface area contributed by atoms with Crippen LogP contribution in [0.25, 0.3) is 0 Å². The van der Waals surface area contributed by atoms with E-state index in [-0.39, 0.29) is 16.1 Å². The van der Waals surface area contributed by atoms with Crippen LogP contribution in [0.4, 0.5) is 32.6 Å². The topological polar surface area (TPSA) is 49.6 Å². The second-order valence-corrected chi connectivity index (χ2v) is 8.68. The Labute approximate surface area is 191 Å². The van der Waals surface area contributed by atoms with Gasteiger partial charge in [-0.2, -0.15) is 13.2 Å². The molecular formula is C23H20F5N3OS. The molecule has 1 aromatic heterocycles. The van der Waals surface area contributed by atoms with Gasteiger partial charge in [-0.3, -0.25) is 9.69 Å². The summed E-state index contributed by atoms with van der Waals surface area (Å²) in [5.74, 6) is -2.35. The third kappa shape index (κ3) is 5.01. The molecule has 0 amide bonds. The van der Waals surface area contributed by atoms with E-state index in [1.807, 2.05) is 4.90 Å². The highest BCUT2D eigenvalue weighted by atomic mass is 32.1. The van der Waals surface area contributed by atoms with Gasteiger partial charge in [0.1, 0.15) is 0 Å². The summed E-state index contributed by atoms with van der Waals surface area (Å²) in [6.45, 7) is 2.75. The van der Waals surface area contributed by atoms with Crippen LogP contribution < -0.4 is 10.6 Å². The summed E-state index contributed by atoms with van der Waals surface area (Å²) < 4.78 is 65.9. The van der Waals surface area contributed by atoms with Crippen LogP contribution in [-0.2, 0) is 12.7 Å². The molecule has 3 aromatic rings. The van der Waals surface area contributed by atoms with E-state index >= 15 is 0 Å². The quantitative estimate of drug-likeness (QED) is 0.403. The molecule has 4 rings (SSSR count). The van der Waals surface area contributed by atoms with E-state index in [9.17, 15) is 26.7 Å². The van der Waals surface area contributed by atoms with Crippen molar-refractivity contribution in [3.63, 3.8) is 0 Å². The highest BCUT2D eigenvalue weighted by Crippen LogP contribution is 2.33. The number of nitrogens with zero attached hydrogens (tertiary/aromatic N) is 2. The van der Waals surface area contributed by atoms with E-state index in [2.05, 4.69) is 4.90 Å². The minimum absolute atomic E-state index is 0.0701. The molecular weight excluding hydrogens is 461 g/mol. The first kappa shape index (κ1) is 23.2. The van der Waals surface area contributed by atoms with Crippen LogP contribution in [0.1, 0.15) is 27.0 Å². The van der Waals surface area contributed by atoms with Crippen molar-refractivity contribution in [2.24, 2.45) is 0 Å². The van der Waals surface area contributed by atoms with Gasteiger partial charge in [-0.05, 0) is 35.2 Å². The Morgan fingerprint density at radius 2 is 1.73 bits per heavy atom. The summed E-state index contributed by atoms with van der Waals surface area (Å²) in [5.41, 5.74) is 6.52. The molecule has 0 unspecified atom stereocenters. The Hall–Kier alpha value is -2.98. The zero-order chi connectivity index (χ0) is 23.8. The third-order valence-corrected chi connectivity index (χ3v) is 6.47. The minimum atomic E-state index is -4.55. The van der Waals surface area contributed by atoms with Crippen LogP contribution in [0.3, 0.4) is 0 Å². The van der Waals surface area contributed by atoms with E-state index in [1.54, 1.807) is 5.38 Å². The monoisotopic (exact) mass is 481 g/mol. The number of nitrogen functional groups attached to an aromatic ring is 1. The van der Waals surface area contributed by atoms with E-state index in [0.717, 1.165) is 24.3 Å². The molecule has 2 heterocycles. The SMILES string of the molecule is Nc1scc(CN2CCN(c3ccc(F)c(F)c3)CC2)c1C(=O)c1cccc(C(F)(F)F)c1. The number of halogens is 5. The molecule has 1 aliphatic heterocycles. The second-order valence-electron chi connectivity index (χ2n) is 7.77. The Kier molecular flexibility index (Phi) is 6.40. The fraction of sp³-hybridized carbons (Fsp3) is 0.261. The van der Waals surface area contributed by atoms with Crippen LogP contribution in [-0.4, -0.2) is 36.9 Å². The number of thiophene rings is 1. The molecule has 1 aliphatic rings. The number of benzene rings is 2. The fourth-order valence-corrected chi connectivity index (χ4v) is 4.66. The standard InChI is InChI=1S/C23H20F5N3OS/c24-18-5-4-17(11-19(18)25)31-8-6-30(7-9-31)12-15-13-33-22(29)20(15)21(32)14-2-1-3-16(10-14)23(26,27)28/h1-5,10-11,13H,6-9,12,29H2. The van der Waals surface area contributed by atoms with Crippen molar-refractivity contribution < 1.29 is 26.7 Å². The van der Waals surface area contributed by atoms with Crippen molar-refractivity contribution in [1.82, 2.24) is 4.90 Å². The number of carbonyl (C=O) groups is 1. The predicted octanol–water partition coefficient (Wildman–Crippen LogP) is 5.18. The summed E-state index contributed by atoms with van der Waals surface area (Å²) in [6.07, 6.45) is -4.55. The molecule has 0 atom stereocenters. The van der Waals surface area contributed by atoms with Gasteiger partial charge in [-0.1, -0.05) is 12.1 Å². The number of alkyl halides is 3. The molecule has 0 radical (unpaired) electrons. The lowest BCUT2D eigenvalue weighted by atomic mass is 9.99. The van der Waals surface area contributed by atoms with Gasteiger partial charge < -0.3 is 10.6 Å². The Morgan fingerprint density at radius 3 is 2.39 bits per heavy atom. The largest absolute Gasteiger partial charge is 0.416 e. The van der Waals surface area contributed by atoms with Gasteiger partial charge in [0.15, 0.2) is 17.4 Å². The first-order chi connectivity index (χ1) is 15.6. The van der Waals surface area contributed by atoms with Gasteiger partial charge in [-0.15, -0.1) is 11.3 Å². The Morgan fingerprint density at radius 1 is 1.00 bits per heavy atom. The average molecular weight is 481 g/mol. The smallest absolute Gasteiger partial charge is 0.390 e. The van der Waals surface area contributed by atoms with Crippen molar-refractivity contribution in [2.45, 2.75) is 12.7 Å². The molecule has 33 heavy (non-hydrogen) atoms. The number of hydrogen-bond donors (Lipinski definition) is 1. The lowest BCUT2D eigenvalue weighted by Gasteiger charge is -2.36. The maximum Gasteiger partial charge on any atom is 0.416 e. The summed E-state index contributed by atoms with van der Waals surface area (Å²) >= 11 is 1.17. The van der Waals surface area contributed by atoms with Crippen molar-refractivity contribution in [3.8, 4) is 0 Å². The minimum Gasteiger partial charge on any atom is -0.390 e. The van der Waals surface area contributed by atoms with Gasteiger partial charge in [0.25, 0.3) is 0 Å². The van der Waals surface area contributed by atoms with E-state index in [0.29, 0.717) is 44.0 Å². The zero-order valence-electron chi connectivity index (χ0n) is 17.3. The maximum atomic E-state index is 13.5. The normalized spacial score (nSPS) is 15.1. The molecule has 1 saturated heterocycles. The Balaban J connectivity index is 1.47. The summed E-state index contributed by atoms with van der Waals surface area (Å²) in [6, 6.07) is 8.09. The van der Waals surface area contributed by atoms with Gasteiger partial charge >= 0.3 is 6.18 Å². The van der Waals surface area contributed by atoms with Crippen molar-refractivity contribution in [1.29, 1.82) is 0 Å². The summed E-state index contributed by atoms with van der Waals surface area (Å²) in [5, 5.41) is 2.01. The molecule has 2 N–H and O–H groups in total. The molecule has 174 valence electrons. The number of ketones is 1. The van der Waals surface area contributed by atoms with Crippen molar-refractivity contribution >= 4 is 27.8 Å². The van der Waals surface area contributed by atoms with Gasteiger partial charge in [0, 0.05) is 50.0 Å². The number of hydrogen-bond acceptors (Lipinski definition) is 5. The van der Waals surface area contributed by atoms with E-state index < -0.39 is 29.2 Å². The highest BCUT2D eigenvalue weighted by Gasteiger charge is 2.31. The van der Waals surface area contributed by atoms with Crippen LogP contribution in [0, 0.1) is 11.6 Å². The highest BCUT2D eigenvalue weighted by molar-refractivity contribution is 7.14. The number of piperazine rings is 1. The number of carbonyl (C=O) groups excluding carboxylic acids is 1. The lowest BCUT2D eigenvalue weighted by molar-refractivity contribution is -0.137. The molecule has 0 bridgehead atoms. The van der Waals surface area contributed by atoms with Gasteiger partial charge in [0.05, 0.1) is 16.1 Å². The summed E-state index contributed by atoms with van der Waals surface area (Å²) in [7, 11) is 0. The molecule has 4 nitrogen and oxygen atoms in total. The van der Waals surface area contributed by atoms with Crippen LogP contribution in [0.2, 0.25) is 0 Å². The second kappa shape index (κ2) is 9.11. The van der Waals surface area contributed by atoms with Gasteiger partial charge in [0.2, 0.25) is 0 Å². The molecule has 0 aliphatic carbocycles. The van der Waals surface area contributed by atoms with Crippen molar-refractivity contribution in [3.05, 3.63) is 81.7 Å².